The summed E-state index contributed by atoms with van der Waals surface area (Å²) in [6.45, 7) is 4.83. The molecule has 0 saturated heterocycles. The smallest absolute Gasteiger partial charge is 0.119 e. The van der Waals surface area contributed by atoms with Gasteiger partial charge in [0.1, 0.15) is 5.75 Å². The van der Waals surface area contributed by atoms with E-state index in [2.05, 4.69) is 43.0 Å². The van der Waals surface area contributed by atoms with E-state index in [0.717, 1.165) is 17.7 Å². The lowest BCUT2D eigenvalue weighted by atomic mass is 10.1. The first kappa shape index (κ1) is 16.6. The van der Waals surface area contributed by atoms with Gasteiger partial charge in [-0.1, -0.05) is 55.2 Å². The molecule has 0 atom stereocenters. The van der Waals surface area contributed by atoms with Gasteiger partial charge in [0.25, 0.3) is 0 Å². The summed E-state index contributed by atoms with van der Waals surface area (Å²) in [5.74, 6) is 6.94. The molecule has 2 aromatic rings. The van der Waals surface area contributed by atoms with Crippen LogP contribution in [0.4, 0.5) is 0 Å². The van der Waals surface area contributed by atoms with Gasteiger partial charge < -0.3 is 4.74 Å². The third-order valence-electron chi connectivity index (χ3n) is 3.38. The van der Waals surface area contributed by atoms with Crippen molar-refractivity contribution in [1.82, 2.24) is 0 Å². The van der Waals surface area contributed by atoms with Crippen LogP contribution in [-0.2, 0) is 6.42 Å². The van der Waals surface area contributed by atoms with E-state index in [0.29, 0.717) is 6.61 Å². The first-order valence-electron chi connectivity index (χ1n) is 7.97. The largest absolute Gasteiger partial charge is 0.494 e. The fourth-order valence-electron chi connectivity index (χ4n) is 2.08. The molecule has 0 unspecified atom stereocenters. The highest BCUT2D eigenvalue weighted by Gasteiger charge is 1.90. The molecular formula is C22H22O. The van der Waals surface area contributed by atoms with Crippen LogP contribution in [0.2, 0.25) is 0 Å². The summed E-state index contributed by atoms with van der Waals surface area (Å²) in [5, 5.41) is 0. The van der Waals surface area contributed by atoms with Crippen molar-refractivity contribution >= 4 is 12.2 Å². The fraction of sp³-hybridized carbons (Fsp3) is 0.182. The van der Waals surface area contributed by atoms with Crippen LogP contribution < -0.4 is 4.74 Å². The van der Waals surface area contributed by atoms with E-state index in [1.165, 1.54) is 11.1 Å². The average Bonchev–Trinajstić information content (AvgIpc) is 2.60. The molecule has 2 aromatic carbocycles. The van der Waals surface area contributed by atoms with Crippen LogP contribution in [0.1, 0.15) is 30.5 Å². The third-order valence-corrected chi connectivity index (χ3v) is 3.38. The summed E-state index contributed by atoms with van der Waals surface area (Å²) >= 11 is 0. The van der Waals surface area contributed by atoms with Crippen molar-refractivity contribution in [3.63, 3.8) is 0 Å². The lowest BCUT2D eigenvalue weighted by molar-refractivity contribution is 0.340. The maximum absolute atomic E-state index is 5.41. The SMILES string of the molecule is CCOc1ccc(C=CC#CC=Cc2ccc(CC)cc2)cc1. The van der Waals surface area contributed by atoms with Crippen molar-refractivity contribution in [3.8, 4) is 17.6 Å². The van der Waals surface area contributed by atoms with E-state index in [1.54, 1.807) is 0 Å². The van der Waals surface area contributed by atoms with Crippen LogP contribution >= 0.6 is 0 Å². The van der Waals surface area contributed by atoms with Gasteiger partial charge in [-0.2, -0.15) is 0 Å². The molecule has 0 heterocycles. The van der Waals surface area contributed by atoms with Gasteiger partial charge in [-0.3, -0.25) is 0 Å². The number of ether oxygens (including phenoxy) is 1. The monoisotopic (exact) mass is 302 g/mol. The lowest BCUT2D eigenvalue weighted by Gasteiger charge is -2.01. The number of rotatable bonds is 5. The number of aryl methyl sites for hydroxylation is 1. The molecule has 0 aliphatic carbocycles. The Balaban J connectivity index is 1.87. The van der Waals surface area contributed by atoms with Crippen molar-refractivity contribution in [2.24, 2.45) is 0 Å². The topological polar surface area (TPSA) is 9.23 Å². The van der Waals surface area contributed by atoms with E-state index in [-0.39, 0.29) is 0 Å². The summed E-state index contributed by atoms with van der Waals surface area (Å²) < 4.78 is 5.41. The van der Waals surface area contributed by atoms with E-state index in [9.17, 15) is 0 Å². The second-order valence-electron chi connectivity index (χ2n) is 5.05. The minimum absolute atomic E-state index is 0.689. The van der Waals surface area contributed by atoms with Gasteiger partial charge in [-0.25, -0.2) is 0 Å². The third kappa shape index (κ3) is 5.88. The molecule has 0 aliphatic rings. The lowest BCUT2D eigenvalue weighted by Crippen LogP contribution is -1.90. The zero-order valence-electron chi connectivity index (χ0n) is 13.8. The van der Waals surface area contributed by atoms with Crippen molar-refractivity contribution in [3.05, 3.63) is 77.4 Å². The number of allylic oxidation sites excluding steroid dienone is 2. The van der Waals surface area contributed by atoms with Crippen molar-refractivity contribution in [2.75, 3.05) is 6.61 Å². The van der Waals surface area contributed by atoms with Crippen LogP contribution in [0.5, 0.6) is 5.75 Å². The van der Waals surface area contributed by atoms with Crippen molar-refractivity contribution < 1.29 is 4.74 Å². The summed E-state index contributed by atoms with van der Waals surface area (Å²) in [5.41, 5.74) is 3.64. The molecule has 0 aliphatic heterocycles. The summed E-state index contributed by atoms with van der Waals surface area (Å²) in [6.07, 6.45) is 8.83. The van der Waals surface area contributed by atoms with Crippen molar-refractivity contribution in [2.45, 2.75) is 20.3 Å². The van der Waals surface area contributed by atoms with Crippen LogP contribution in [0.15, 0.2) is 60.7 Å². The zero-order valence-corrected chi connectivity index (χ0v) is 13.8. The van der Waals surface area contributed by atoms with Crippen LogP contribution in [0.25, 0.3) is 12.2 Å². The molecule has 116 valence electrons. The average molecular weight is 302 g/mol. The van der Waals surface area contributed by atoms with E-state index >= 15 is 0 Å². The summed E-state index contributed by atoms with van der Waals surface area (Å²) in [7, 11) is 0. The molecule has 0 N–H and O–H groups in total. The Labute approximate surface area is 139 Å². The number of hydrogen-bond donors (Lipinski definition) is 0. The van der Waals surface area contributed by atoms with Gasteiger partial charge in [0.15, 0.2) is 0 Å². The molecule has 1 heteroatoms. The van der Waals surface area contributed by atoms with Crippen LogP contribution in [0.3, 0.4) is 0 Å². The minimum atomic E-state index is 0.689. The molecule has 2 rings (SSSR count). The molecular weight excluding hydrogens is 280 g/mol. The van der Waals surface area contributed by atoms with Gasteiger partial charge in [-0.15, -0.1) is 0 Å². The second kappa shape index (κ2) is 9.33. The molecule has 0 bridgehead atoms. The Kier molecular flexibility index (Phi) is 6.75. The molecule has 23 heavy (non-hydrogen) atoms. The van der Waals surface area contributed by atoms with Crippen molar-refractivity contribution in [1.29, 1.82) is 0 Å². The maximum atomic E-state index is 5.41. The minimum Gasteiger partial charge on any atom is -0.494 e. The summed E-state index contributed by atoms with van der Waals surface area (Å²) in [6, 6.07) is 16.5. The molecule has 0 amide bonds. The Morgan fingerprint density at radius 3 is 1.78 bits per heavy atom. The number of benzene rings is 2. The molecule has 0 radical (unpaired) electrons. The predicted octanol–water partition coefficient (Wildman–Crippen LogP) is 5.38. The summed E-state index contributed by atoms with van der Waals surface area (Å²) in [4.78, 5) is 0. The normalized spacial score (nSPS) is 10.7. The van der Waals surface area contributed by atoms with Crippen LogP contribution in [0, 0.1) is 11.8 Å². The van der Waals surface area contributed by atoms with Gasteiger partial charge in [0, 0.05) is 0 Å². The Morgan fingerprint density at radius 1 is 0.783 bits per heavy atom. The molecule has 0 aromatic heterocycles. The number of hydrogen-bond acceptors (Lipinski definition) is 1. The highest BCUT2D eigenvalue weighted by atomic mass is 16.5. The molecule has 0 fully saturated rings. The first-order valence-corrected chi connectivity index (χ1v) is 7.97. The quantitative estimate of drug-likeness (QED) is 0.674. The molecule has 1 nitrogen and oxygen atoms in total. The van der Waals surface area contributed by atoms with Gasteiger partial charge in [-0.05, 0) is 66.5 Å². The van der Waals surface area contributed by atoms with E-state index in [1.807, 2.05) is 55.5 Å². The van der Waals surface area contributed by atoms with Gasteiger partial charge >= 0.3 is 0 Å². The van der Waals surface area contributed by atoms with E-state index in [4.69, 9.17) is 4.74 Å². The first-order chi connectivity index (χ1) is 11.3. The predicted molar refractivity (Wildman–Crippen MR) is 99.3 cm³/mol. The fourth-order valence-corrected chi connectivity index (χ4v) is 2.08. The van der Waals surface area contributed by atoms with Crippen LogP contribution in [-0.4, -0.2) is 6.61 Å². The maximum Gasteiger partial charge on any atom is 0.119 e. The molecule has 0 saturated carbocycles. The van der Waals surface area contributed by atoms with Gasteiger partial charge in [0.2, 0.25) is 0 Å². The standard InChI is InChI=1S/C22H22O/c1-3-19-11-13-20(14-12-19)9-7-5-6-8-10-21-15-17-22(18-16-21)23-4-2/h7-18H,3-4H2,1-2H3. The Bertz CT molecular complexity index is 707. The highest BCUT2D eigenvalue weighted by Crippen LogP contribution is 2.12. The Morgan fingerprint density at radius 2 is 1.30 bits per heavy atom. The Hall–Kier alpha value is -2.72. The second-order valence-corrected chi connectivity index (χ2v) is 5.05. The molecule has 0 spiro atoms. The van der Waals surface area contributed by atoms with E-state index < -0.39 is 0 Å². The highest BCUT2D eigenvalue weighted by molar-refractivity contribution is 5.56. The zero-order chi connectivity index (χ0) is 16.3. The van der Waals surface area contributed by atoms with Gasteiger partial charge in [0.05, 0.1) is 6.61 Å².